The molecule has 2 fully saturated rings. The molecule has 0 aromatic carbocycles. The number of amides is 1. The van der Waals surface area contributed by atoms with Crippen LogP contribution in [0.4, 0.5) is 0 Å². The second-order valence-electron chi connectivity index (χ2n) is 5.20. The van der Waals surface area contributed by atoms with Gasteiger partial charge in [0.1, 0.15) is 0 Å². The highest BCUT2D eigenvalue weighted by Crippen LogP contribution is 2.27. The summed E-state index contributed by atoms with van der Waals surface area (Å²) < 4.78 is 5.70. The second-order valence-corrected chi connectivity index (χ2v) is 5.20. The molecular formula is C13H24N2O2. The molecule has 98 valence electrons. The van der Waals surface area contributed by atoms with Gasteiger partial charge in [-0.3, -0.25) is 4.79 Å². The van der Waals surface area contributed by atoms with Crippen LogP contribution in [0.2, 0.25) is 0 Å². The minimum Gasteiger partial charge on any atom is -0.377 e. The van der Waals surface area contributed by atoms with E-state index in [2.05, 4.69) is 10.6 Å². The van der Waals surface area contributed by atoms with Crippen LogP contribution < -0.4 is 10.6 Å². The Morgan fingerprint density at radius 3 is 2.65 bits per heavy atom. The summed E-state index contributed by atoms with van der Waals surface area (Å²) in [7, 11) is 0. The molecule has 0 radical (unpaired) electrons. The average Bonchev–Trinajstić information content (AvgIpc) is 3.02. The number of ether oxygens (including phenoxy) is 1. The van der Waals surface area contributed by atoms with E-state index in [4.69, 9.17) is 4.74 Å². The summed E-state index contributed by atoms with van der Waals surface area (Å²) in [6.45, 7) is 2.77. The standard InChI is InChI=1S/C13H24N2O2/c16-13(15-9-11-5-6-11)10-14-7-8-17-12-3-1-2-4-12/h11-12,14H,1-10H2,(H,15,16). The molecule has 2 saturated carbocycles. The van der Waals surface area contributed by atoms with Crippen LogP contribution in [0, 0.1) is 5.92 Å². The van der Waals surface area contributed by atoms with Gasteiger partial charge < -0.3 is 15.4 Å². The van der Waals surface area contributed by atoms with E-state index >= 15 is 0 Å². The number of carbonyl (C=O) groups excluding carboxylic acids is 1. The molecule has 0 bridgehead atoms. The summed E-state index contributed by atoms with van der Waals surface area (Å²) in [6.07, 6.45) is 8.07. The van der Waals surface area contributed by atoms with Crippen LogP contribution in [0.25, 0.3) is 0 Å². The zero-order valence-electron chi connectivity index (χ0n) is 10.5. The molecule has 0 aromatic heterocycles. The molecule has 0 saturated heterocycles. The van der Waals surface area contributed by atoms with Gasteiger partial charge in [0, 0.05) is 13.1 Å². The van der Waals surface area contributed by atoms with Crippen LogP contribution in [0.5, 0.6) is 0 Å². The molecule has 2 rings (SSSR count). The quantitative estimate of drug-likeness (QED) is 0.624. The minimum atomic E-state index is 0.109. The van der Waals surface area contributed by atoms with E-state index in [0.717, 1.165) is 25.6 Å². The first-order chi connectivity index (χ1) is 8.34. The Morgan fingerprint density at radius 1 is 1.18 bits per heavy atom. The topological polar surface area (TPSA) is 50.4 Å². The van der Waals surface area contributed by atoms with Crippen molar-refractivity contribution in [2.24, 2.45) is 5.92 Å². The van der Waals surface area contributed by atoms with Gasteiger partial charge in [0.25, 0.3) is 0 Å². The molecule has 0 spiro atoms. The summed E-state index contributed by atoms with van der Waals surface area (Å²) in [5, 5.41) is 6.05. The fourth-order valence-electron chi connectivity index (χ4n) is 2.20. The van der Waals surface area contributed by atoms with Crippen LogP contribution in [-0.4, -0.2) is 38.3 Å². The first-order valence-corrected chi connectivity index (χ1v) is 6.93. The van der Waals surface area contributed by atoms with Crippen molar-refractivity contribution < 1.29 is 9.53 Å². The second kappa shape index (κ2) is 6.97. The Bertz CT molecular complexity index is 236. The van der Waals surface area contributed by atoms with Gasteiger partial charge in [-0.2, -0.15) is 0 Å². The van der Waals surface area contributed by atoms with Crippen LogP contribution >= 0.6 is 0 Å². The van der Waals surface area contributed by atoms with Gasteiger partial charge in [-0.05, 0) is 31.6 Å². The lowest BCUT2D eigenvalue weighted by atomic mass is 10.3. The number of hydrogen-bond acceptors (Lipinski definition) is 3. The van der Waals surface area contributed by atoms with E-state index in [1.54, 1.807) is 0 Å². The van der Waals surface area contributed by atoms with Crippen molar-refractivity contribution in [1.82, 2.24) is 10.6 Å². The van der Waals surface area contributed by atoms with Crippen molar-refractivity contribution in [3.8, 4) is 0 Å². The molecule has 17 heavy (non-hydrogen) atoms. The van der Waals surface area contributed by atoms with Crippen molar-refractivity contribution in [3.05, 3.63) is 0 Å². The normalized spacial score (nSPS) is 20.7. The highest BCUT2D eigenvalue weighted by molar-refractivity contribution is 5.77. The third kappa shape index (κ3) is 5.50. The summed E-state index contributed by atoms with van der Waals surface area (Å²) in [4.78, 5) is 11.4. The summed E-state index contributed by atoms with van der Waals surface area (Å²) in [6, 6.07) is 0. The zero-order valence-corrected chi connectivity index (χ0v) is 10.5. The molecule has 2 aliphatic carbocycles. The first kappa shape index (κ1) is 12.8. The molecule has 0 unspecified atom stereocenters. The summed E-state index contributed by atoms with van der Waals surface area (Å²) in [5.74, 6) is 0.863. The van der Waals surface area contributed by atoms with Crippen molar-refractivity contribution >= 4 is 5.91 Å². The van der Waals surface area contributed by atoms with E-state index in [1.165, 1.54) is 38.5 Å². The smallest absolute Gasteiger partial charge is 0.233 e. The van der Waals surface area contributed by atoms with Crippen molar-refractivity contribution in [2.75, 3.05) is 26.2 Å². The van der Waals surface area contributed by atoms with E-state index in [0.29, 0.717) is 12.6 Å². The first-order valence-electron chi connectivity index (χ1n) is 6.93. The van der Waals surface area contributed by atoms with Crippen molar-refractivity contribution in [2.45, 2.75) is 44.6 Å². The molecule has 0 aliphatic heterocycles. The van der Waals surface area contributed by atoms with Gasteiger partial charge in [-0.25, -0.2) is 0 Å². The van der Waals surface area contributed by atoms with Crippen LogP contribution in [0.3, 0.4) is 0 Å². The monoisotopic (exact) mass is 240 g/mol. The predicted molar refractivity (Wildman–Crippen MR) is 66.8 cm³/mol. The molecule has 0 aromatic rings. The maximum atomic E-state index is 11.4. The average molecular weight is 240 g/mol. The maximum Gasteiger partial charge on any atom is 0.233 e. The lowest BCUT2D eigenvalue weighted by Gasteiger charge is -2.11. The summed E-state index contributed by atoms with van der Waals surface area (Å²) >= 11 is 0. The molecule has 4 nitrogen and oxygen atoms in total. The molecule has 4 heteroatoms. The van der Waals surface area contributed by atoms with Crippen molar-refractivity contribution in [1.29, 1.82) is 0 Å². The lowest BCUT2D eigenvalue weighted by Crippen LogP contribution is -2.36. The molecule has 2 N–H and O–H groups in total. The number of nitrogens with one attached hydrogen (secondary N) is 2. The highest BCUT2D eigenvalue weighted by Gasteiger charge is 2.21. The Morgan fingerprint density at radius 2 is 1.94 bits per heavy atom. The van der Waals surface area contributed by atoms with E-state index < -0.39 is 0 Å². The minimum absolute atomic E-state index is 0.109. The van der Waals surface area contributed by atoms with Crippen LogP contribution in [-0.2, 0) is 9.53 Å². The van der Waals surface area contributed by atoms with Gasteiger partial charge in [0.15, 0.2) is 0 Å². The maximum absolute atomic E-state index is 11.4. The Kier molecular flexibility index (Phi) is 5.26. The molecular weight excluding hydrogens is 216 g/mol. The van der Waals surface area contributed by atoms with E-state index in [9.17, 15) is 4.79 Å². The highest BCUT2D eigenvalue weighted by atomic mass is 16.5. The SMILES string of the molecule is O=C(CNCCOC1CCCC1)NCC1CC1. The Hall–Kier alpha value is -0.610. The van der Waals surface area contributed by atoms with Gasteiger partial charge in [-0.15, -0.1) is 0 Å². The number of rotatable bonds is 8. The Balaban J connectivity index is 1.38. The van der Waals surface area contributed by atoms with Crippen LogP contribution in [0.1, 0.15) is 38.5 Å². The van der Waals surface area contributed by atoms with Gasteiger partial charge >= 0.3 is 0 Å². The largest absolute Gasteiger partial charge is 0.377 e. The number of hydrogen-bond donors (Lipinski definition) is 2. The third-order valence-electron chi connectivity index (χ3n) is 3.50. The molecule has 0 heterocycles. The van der Waals surface area contributed by atoms with E-state index in [-0.39, 0.29) is 5.91 Å². The molecule has 1 amide bonds. The summed E-state index contributed by atoms with van der Waals surface area (Å²) in [5.41, 5.74) is 0. The van der Waals surface area contributed by atoms with Crippen molar-refractivity contribution in [3.63, 3.8) is 0 Å². The van der Waals surface area contributed by atoms with Crippen LogP contribution in [0.15, 0.2) is 0 Å². The lowest BCUT2D eigenvalue weighted by molar-refractivity contribution is -0.120. The Labute approximate surface area is 103 Å². The zero-order chi connectivity index (χ0) is 11.9. The van der Waals surface area contributed by atoms with E-state index in [1.807, 2.05) is 0 Å². The van der Waals surface area contributed by atoms with Gasteiger partial charge in [-0.1, -0.05) is 12.8 Å². The molecule has 0 atom stereocenters. The fraction of sp³-hybridized carbons (Fsp3) is 0.923. The van der Waals surface area contributed by atoms with Gasteiger partial charge in [0.05, 0.1) is 19.3 Å². The van der Waals surface area contributed by atoms with Gasteiger partial charge in [0.2, 0.25) is 5.91 Å². The predicted octanol–water partition coefficient (Wildman–Crippen LogP) is 1.06. The fourth-order valence-corrected chi connectivity index (χ4v) is 2.20. The third-order valence-corrected chi connectivity index (χ3v) is 3.50. The molecule has 2 aliphatic rings. The number of carbonyl (C=O) groups is 1.